The normalized spacial score (nSPS) is 10.2. The van der Waals surface area contributed by atoms with Crippen LogP contribution in [-0.4, -0.2) is 17.4 Å². The van der Waals surface area contributed by atoms with Crippen molar-refractivity contribution >= 4 is 34.5 Å². The first-order valence-corrected chi connectivity index (χ1v) is 8.17. The lowest BCUT2D eigenvalue weighted by Gasteiger charge is -2.13. The van der Waals surface area contributed by atoms with Crippen LogP contribution >= 0.6 is 11.5 Å². The number of anilines is 3. The minimum atomic E-state index is -0.154. The number of ether oxygens (including phenoxy) is 1. The van der Waals surface area contributed by atoms with E-state index < -0.39 is 0 Å². The summed E-state index contributed by atoms with van der Waals surface area (Å²) in [5, 5.41) is 6.25. The standard InChI is InChI=1S/C18H17N3O2S/c1-12-11-19-24-17(12)18(22)21-16-6-4-3-5-15(16)20-13-7-9-14(23-2)10-8-13/h3-11,20H,1-2H3,(H,21,22). The van der Waals surface area contributed by atoms with Crippen molar-refractivity contribution in [2.24, 2.45) is 0 Å². The van der Waals surface area contributed by atoms with Crippen LogP contribution in [0.2, 0.25) is 0 Å². The summed E-state index contributed by atoms with van der Waals surface area (Å²) in [6, 6.07) is 15.2. The fourth-order valence-electron chi connectivity index (χ4n) is 2.22. The Labute approximate surface area is 144 Å². The topological polar surface area (TPSA) is 63.2 Å². The number of aromatic nitrogens is 1. The van der Waals surface area contributed by atoms with Gasteiger partial charge < -0.3 is 15.4 Å². The molecule has 122 valence electrons. The van der Waals surface area contributed by atoms with Gasteiger partial charge in [0.15, 0.2) is 0 Å². The van der Waals surface area contributed by atoms with Crippen LogP contribution in [0.4, 0.5) is 17.1 Å². The van der Waals surface area contributed by atoms with Crippen LogP contribution in [0, 0.1) is 6.92 Å². The number of nitrogens with one attached hydrogen (secondary N) is 2. The second-order valence-electron chi connectivity index (χ2n) is 5.19. The van der Waals surface area contributed by atoms with Gasteiger partial charge in [0.05, 0.1) is 18.5 Å². The number of hydrogen-bond acceptors (Lipinski definition) is 5. The third kappa shape index (κ3) is 3.55. The number of benzene rings is 2. The maximum Gasteiger partial charge on any atom is 0.267 e. The monoisotopic (exact) mass is 339 g/mol. The van der Waals surface area contributed by atoms with Crippen LogP contribution in [0.5, 0.6) is 5.75 Å². The van der Waals surface area contributed by atoms with Crippen molar-refractivity contribution < 1.29 is 9.53 Å². The molecule has 0 saturated carbocycles. The Morgan fingerprint density at radius 2 is 1.79 bits per heavy atom. The van der Waals surface area contributed by atoms with E-state index in [0.29, 0.717) is 10.6 Å². The molecule has 0 aliphatic rings. The quantitative estimate of drug-likeness (QED) is 0.720. The van der Waals surface area contributed by atoms with E-state index >= 15 is 0 Å². The van der Waals surface area contributed by atoms with Gasteiger partial charge in [-0.15, -0.1) is 0 Å². The summed E-state index contributed by atoms with van der Waals surface area (Å²) in [6.07, 6.45) is 1.70. The van der Waals surface area contributed by atoms with Gasteiger partial charge in [0.2, 0.25) is 0 Å². The highest BCUT2D eigenvalue weighted by Gasteiger charge is 2.13. The molecule has 24 heavy (non-hydrogen) atoms. The van der Waals surface area contributed by atoms with Crippen LogP contribution in [0.3, 0.4) is 0 Å². The summed E-state index contributed by atoms with van der Waals surface area (Å²) in [6.45, 7) is 1.87. The third-order valence-corrected chi connectivity index (χ3v) is 4.40. The summed E-state index contributed by atoms with van der Waals surface area (Å²) < 4.78 is 9.20. The summed E-state index contributed by atoms with van der Waals surface area (Å²) in [4.78, 5) is 13.0. The average molecular weight is 339 g/mol. The van der Waals surface area contributed by atoms with Crippen molar-refractivity contribution in [3.63, 3.8) is 0 Å². The van der Waals surface area contributed by atoms with E-state index in [0.717, 1.165) is 22.7 Å². The van der Waals surface area contributed by atoms with Gasteiger partial charge in [-0.3, -0.25) is 4.79 Å². The van der Waals surface area contributed by atoms with Crippen LogP contribution < -0.4 is 15.4 Å². The summed E-state index contributed by atoms with van der Waals surface area (Å²) >= 11 is 1.19. The molecule has 3 aromatic rings. The van der Waals surface area contributed by atoms with Crippen LogP contribution in [0.1, 0.15) is 15.2 Å². The lowest BCUT2D eigenvalue weighted by atomic mass is 10.2. The van der Waals surface area contributed by atoms with Gasteiger partial charge >= 0.3 is 0 Å². The van der Waals surface area contributed by atoms with E-state index in [4.69, 9.17) is 4.74 Å². The number of carbonyl (C=O) groups excluding carboxylic acids is 1. The molecule has 0 radical (unpaired) electrons. The fraction of sp³-hybridized carbons (Fsp3) is 0.111. The molecule has 2 aromatic carbocycles. The van der Waals surface area contributed by atoms with E-state index in [1.54, 1.807) is 13.3 Å². The average Bonchev–Trinajstić information content (AvgIpc) is 3.03. The minimum Gasteiger partial charge on any atom is -0.497 e. The van der Waals surface area contributed by atoms with Crippen LogP contribution in [0.25, 0.3) is 0 Å². The predicted molar refractivity (Wildman–Crippen MR) is 97.5 cm³/mol. The van der Waals surface area contributed by atoms with Gasteiger partial charge in [0, 0.05) is 11.9 Å². The molecule has 0 aliphatic carbocycles. The molecule has 3 rings (SSSR count). The van der Waals surface area contributed by atoms with Crippen LogP contribution in [0.15, 0.2) is 54.7 Å². The van der Waals surface area contributed by atoms with Crippen molar-refractivity contribution in [2.75, 3.05) is 17.7 Å². The van der Waals surface area contributed by atoms with Crippen molar-refractivity contribution in [3.05, 3.63) is 65.2 Å². The zero-order valence-corrected chi connectivity index (χ0v) is 14.2. The largest absolute Gasteiger partial charge is 0.497 e. The Hall–Kier alpha value is -2.86. The SMILES string of the molecule is COc1ccc(Nc2ccccc2NC(=O)c2sncc2C)cc1. The Balaban J connectivity index is 1.80. The summed E-state index contributed by atoms with van der Waals surface area (Å²) in [5.74, 6) is 0.641. The highest BCUT2D eigenvalue weighted by atomic mass is 32.1. The molecule has 5 nitrogen and oxygen atoms in total. The smallest absolute Gasteiger partial charge is 0.267 e. The number of para-hydroxylation sites is 2. The Kier molecular flexibility index (Phi) is 4.77. The van der Waals surface area contributed by atoms with Crippen molar-refractivity contribution in [3.8, 4) is 5.75 Å². The number of carbonyl (C=O) groups is 1. The molecular weight excluding hydrogens is 322 g/mol. The van der Waals surface area contributed by atoms with Crippen molar-refractivity contribution in [1.29, 1.82) is 0 Å². The van der Waals surface area contributed by atoms with Gasteiger partial charge in [0.25, 0.3) is 5.91 Å². The van der Waals surface area contributed by atoms with Gasteiger partial charge in [-0.2, -0.15) is 0 Å². The van der Waals surface area contributed by atoms with E-state index in [9.17, 15) is 4.79 Å². The fourth-order valence-corrected chi connectivity index (χ4v) is 2.87. The maximum absolute atomic E-state index is 12.4. The second kappa shape index (κ2) is 7.14. The van der Waals surface area contributed by atoms with Crippen molar-refractivity contribution in [1.82, 2.24) is 4.37 Å². The number of aryl methyl sites for hydroxylation is 1. The van der Waals surface area contributed by atoms with Gasteiger partial charge in [-0.05, 0) is 60.4 Å². The van der Waals surface area contributed by atoms with Gasteiger partial charge in [0.1, 0.15) is 10.6 Å². The molecule has 0 saturated heterocycles. The van der Waals surface area contributed by atoms with E-state index in [1.807, 2.05) is 55.5 Å². The molecule has 1 heterocycles. The van der Waals surface area contributed by atoms with E-state index in [-0.39, 0.29) is 5.91 Å². The highest BCUT2D eigenvalue weighted by Crippen LogP contribution is 2.27. The maximum atomic E-state index is 12.4. The number of nitrogens with zero attached hydrogens (tertiary/aromatic N) is 1. The second-order valence-corrected chi connectivity index (χ2v) is 5.99. The molecule has 1 aromatic heterocycles. The summed E-state index contributed by atoms with van der Waals surface area (Å²) in [5.41, 5.74) is 3.31. The molecule has 6 heteroatoms. The zero-order valence-electron chi connectivity index (χ0n) is 13.4. The van der Waals surface area contributed by atoms with Crippen molar-refractivity contribution in [2.45, 2.75) is 6.92 Å². The molecule has 0 spiro atoms. The predicted octanol–water partition coefficient (Wildman–Crippen LogP) is 4.46. The third-order valence-electron chi connectivity index (χ3n) is 3.50. The number of amides is 1. The van der Waals surface area contributed by atoms with Gasteiger partial charge in [-0.25, -0.2) is 4.37 Å². The van der Waals surface area contributed by atoms with Gasteiger partial charge in [-0.1, -0.05) is 12.1 Å². The molecular formula is C18H17N3O2S. The number of methoxy groups -OCH3 is 1. The number of rotatable bonds is 5. The number of hydrogen-bond donors (Lipinski definition) is 2. The van der Waals surface area contributed by atoms with E-state index in [2.05, 4.69) is 15.0 Å². The first kappa shape index (κ1) is 16.0. The first-order valence-electron chi connectivity index (χ1n) is 7.40. The molecule has 0 unspecified atom stereocenters. The zero-order chi connectivity index (χ0) is 16.9. The molecule has 0 atom stereocenters. The minimum absolute atomic E-state index is 0.154. The molecule has 0 bridgehead atoms. The summed E-state index contributed by atoms with van der Waals surface area (Å²) in [7, 11) is 1.63. The lowest BCUT2D eigenvalue weighted by molar-refractivity contribution is 0.103. The Morgan fingerprint density at radius 1 is 1.08 bits per heavy atom. The first-order chi connectivity index (χ1) is 11.7. The molecule has 0 aliphatic heterocycles. The van der Waals surface area contributed by atoms with E-state index in [1.165, 1.54) is 11.5 Å². The molecule has 2 N–H and O–H groups in total. The lowest BCUT2D eigenvalue weighted by Crippen LogP contribution is -2.12. The Bertz CT molecular complexity index is 843. The molecule has 0 fully saturated rings. The van der Waals surface area contributed by atoms with Crippen LogP contribution in [-0.2, 0) is 0 Å². The molecule has 1 amide bonds. The Morgan fingerprint density at radius 3 is 2.42 bits per heavy atom. The highest BCUT2D eigenvalue weighted by molar-refractivity contribution is 7.08.